The van der Waals surface area contributed by atoms with Gasteiger partial charge in [-0.2, -0.15) is 0 Å². The number of rotatable bonds is 6. The van der Waals surface area contributed by atoms with Crippen molar-refractivity contribution < 1.29 is 5.11 Å². The molecule has 0 saturated carbocycles. The Morgan fingerprint density at radius 1 is 1.53 bits per heavy atom. The van der Waals surface area contributed by atoms with E-state index in [2.05, 4.69) is 14.9 Å². The Bertz CT molecular complexity index is 283. The molecule has 0 aliphatic carbocycles. The molecule has 0 spiro atoms. The van der Waals surface area contributed by atoms with Gasteiger partial charge in [0.1, 0.15) is 5.82 Å². The third-order valence-electron chi connectivity index (χ3n) is 2.58. The molecule has 0 radical (unpaired) electrons. The van der Waals surface area contributed by atoms with Gasteiger partial charge in [-0.05, 0) is 12.8 Å². The molecule has 0 bridgehead atoms. The molecule has 1 rings (SSSR count). The summed E-state index contributed by atoms with van der Waals surface area (Å²) < 4.78 is 2.09. The highest BCUT2D eigenvalue weighted by atomic mass is 16.3. The van der Waals surface area contributed by atoms with Gasteiger partial charge < -0.3 is 15.0 Å². The lowest BCUT2D eigenvalue weighted by Gasteiger charge is -2.15. The Kier molecular flexibility index (Phi) is 4.78. The molecule has 0 saturated heterocycles. The van der Waals surface area contributed by atoms with Crippen molar-refractivity contribution in [3.8, 4) is 0 Å². The molecule has 1 atom stereocenters. The van der Waals surface area contributed by atoms with Crippen molar-refractivity contribution in [2.45, 2.75) is 33.4 Å². The lowest BCUT2D eigenvalue weighted by Crippen LogP contribution is -2.32. The van der Waals surface area contributed by atoms with Gasteiger partial charge >= 0.3 is 0 Å². The number of nitrogens with one attached hydrogen (secondary N) is 1. The molecule has 1 aromatic heterocycles. The number of hydrogen-bond acceptors (Lipinski definition) is 3. The third kappa shape index (κ3) is 4.01. The molecule has 0 amide bonds. The molecule has 0 aliphatic heterocycles. The highest BCUT2D eigenvalue weighted by Gasteiger charge is 2.07. The van der Waals surface area contributed by atoms with E-state index in [0.717, 1.165) is 18.9 Å². The monoisotopic (exact) mass is 211 g/mol. The van der Waals surface area contributed by atoms with Crippen LogP contribution in [0.3, 0.4) is 0 Å². The van der Waals surface area contributed by atoms with Crippen molar-refractivity contribution in [1.29, 1.82) is 0 Å². The number of aliphatic hydroxyl groups excluding tert-OH is 1. The average molecular weight is 211 g/mol. The van der Waals surface area contributed by atoms with E-state index in [1.807, 2.05) is 27.0 Å². The summed E-state index contributed by atoms with van der Waals surface area (Å²) in [6.45, 7) is 8.45. The number of imidazole rings is 1. The van der Waals surface area contributed by atoms with Gasteiger partial charge in [0.25, 0.3) is 0 Å². The molecule has 1 unspecified atom stereocenters. The molecule has 15 heavy (non-hydrogen) atoms. The Balaban J connectivity index is 2.15. The van der Waals surface area contributed by atoms with Crippen LogP contribution in [-0.2, 0) is 6.54 Å². The quantitative estimate of drug-likeness (QED) is 0.684. The molecule has 86 valence electrons. The van der Waals surface area contributed by atoms with Crippen LogP contribution in [0.2, 0.25) is 0 Å². The van der Waals surface area contributed by atoms with Gasteiger partial charge in [-0.3, -0.25) is 0 Å². The van der Waals surface area contributed by atoms with Gasteiger partial charge in [0.05, 0.1) is 6.10 Å². The van der Waals surface area contributed by atoms with Crippen LogP contribution >= 0.6 is 0 Å². The fourth-order valence-corrected chi connectivity index (χ4v) is 1.33. The third-order valence-corrected chi connectivity index (χ3v) is 2.58. The van der Waals surface area contributed by atoms with Gasteiger partial charge in [0, 0.05) is 32.0 Å². The minimum atomic E-state index is -0.256. The first-order valence-corrected chi connectivity index (χ1v) is 5.47. The van der Waals surface area contributed by atoms with Crippen LogP contribution in [0.15, 0.2) is 12.4 Å². The maximum atomic E-state index is 9.56. The topological polar surface area (TPSA) is 50.1 Å². The minimum absolute atomic E-state index is 0.256. The second kappa shape index (κ2) is 5.88. The maximum Gasteiger partial charge on any atom is 0.105 e. The van der Waals surface area contributed by atoms with Crippen LogP contribution in [0.5, 0.6) is 0 Å². The smallest absolute Gasteiger partial charge is 0.105 e. The van der Waals surface area contributed by atoms with E-state index < -0.39 is 0 Å². The molecule has 0 aliphatic rings. The predicted molar refractivity (Wildman–Crippen MR) is 60.7 cm³/mol. The van der Waals surface area contributed by atoms with Crippen LogP contribution in [0.1, 0.15) is 19.7 Å². The molecule has 1 aromatic rings. The zero-order valence-electron chi connectivity index (χ0n) is 9.77. The predicted octanol–water partition coefficient (Wildman–Crippen LogP) is 0.798. The Morgan fingerprint density at radius 3 is 2.80 bits per heavy atom. The average Bonchev–Trinajstić information content (AvgIpc) is 2.58. The second-order valence-electron chi connectivity index (χ2n) is 4.18. The van der Waals surface area contributed by atoms with E-state index in [1.54, 1.807) is 6.20 Å². The van der Waals surface area contributed by atoms with E-state index in [-0.39, 0.29) is 6.10 Å². The summed E-state index contributed by atoms with van der Waals surface area (Å²) in [7, 11) is 0. The summed E-state index contributed by atoms with van der Waals surface area (Å²) in [6.07, 6.45) is 3.52. The molecular formula is C11H21N3O. The van der Waals surface area contributed by atoms with E-state index in [1.165, 1.54) is 0 Å². The van der Waals surface area contributed by atoms with Crippen molar-refractivity contribution in [2.75, 3.05) is 13.1 Å². The van der Waals surface area contributed by atoms with E-state index >= 15 is 0 Å². The molecule has 0 fully saturated rings. The zero-order valence-corrected chi connectivity index (χ0v) is 9.77. The first-order valence-electron chi connectivity index (χ1n) is 5.47. The summed E-state index contributed by atoms with van der Waals surface area (Å²) in [5, 5.41) is 12.8. The van der Waals surface area contributed by atoms with Crippen molar-refractivity contribution in [1.82, 2.24) is 14.9 Å². The first-order chi connectivity index (χ1) is 7.11. The summed E-state index contributed by atoms with van der Waals surface area (Å²) in [6, 6.07) is 0. The van der Waals surface area contributed by atoms with Gasteiger partial charge in [0.15, 0.2) is 0 Å². The number of aromatic nitrogens is 2. The van der Waals surface area contributed by atoms with Crippen LogP contribution in [0.25, 0.3) is 0 Å². The fourth-order valence-electron chi connectivity index (χ4n) is 1.33. The van der Waals surface area contributed by atoms with E-state index in [4.69, 9.17) is 0 Å². The van der Waals surface area contributed by atoms with Gasteiger partial charge in [-0.25, -0.2) is 4.98 Å². The number of nitrogens with zero attached hydrogens (tertiary/aromatic N) is 2. The first kappa shape index (κ1) is 12.2. The Labute approximate surface area is 91.3 Å². The number of aliphatic hydroxyl groups is 1. The SMILES string of the molecule is Cc1nccn1CCNCC(O)C(C)C. The van der Waals surface area contributed by atoms with E-state index in [0.29, 0.717) is 12.5 Å². The van der Waals surface area contributed by atoms with Crippen LogP contribution in [0.4, 0.5) is 0 Å². The largest absolute Gasteiger partial charge is 0.392 e. The van der Waals surface area contributed by atoms with Gasteiger partial charge in [-0.1, -0.05) is 13.8 Å². The summed E-state index contributed by atoms with van der Waals surface area (Å²) in [4.78, 5) is 4.14. The van der Waals surface area contributed by atoms with Crippen LogP contribution in [-0.4, -0.2) is 33.9 Å². The fraction of sp³-hybridized carbons (Fsp3) is 0.727. The highest BCUT2D eigenvalue weighted by Crippen LogP contribution is 1.99. The van der Waals surface area contributed by atoms with Gasteiger partial charge in [0.2, 0.25) is 0 Å². The molecule has 0 aromatic carbocycles. The van der Waals surface area contributed by atoms with E-state index in [9.17, 15) is 5.11 Å². The lowest BCUT2D eigenvalue weighted by molar-refractivity contribution is 0.123. The number of hydrogen-bond donors (Lipinski definition) is 2. The molecule has 4 heteroatoms. The zero-order chi connectivity index (χ0) is 11.3. The Hall–Kier alpha value is -0.870. The van der Waals surface area contributed by atoms with Crippen molar-refractivity contribution in [3.63, 3.8) is 0 Å². The molecule has 1 heterocycles. The summed E-state index contributed by atoms with van der Waals surface area (Å²) in [5.41, 5.74) is 0. The maximum absolute atomic E-state index is 9.56. The van der Waals surface area contributed by atoms with Crippen LogP contribution < -0.4 is 5.32 Å². The standard InChI is InChI=1S/C11H21N3O/c1-9(2)11(15)8-12-4-6-14-7-5-13-10(14)3/h5,7,9,11-12,15H,4,6,8H2,1-3H3. The van der Waals surface area contributed by atoms with Gasteiger partial charge in [-0.15, -0.1) is 0 Å². The van der Waals surface area contributed by atoms with Crippen molar-refractivity contribution in [2.24, 2.45) is 5.92 Å². The lowest BCUT2D eigenvalue weighted by atomic mass is 10.1. The van der Waals surface area contributed by atoms with Crippen molar-refractivity contribution in [3.05, 3.63) is 18.2 Å². The molecular weight excluding hydrogens is 190 g/mol. The second-order valence-corrected chi connectivity index (χ2v) is 4.18. The van der Waals surface area contributed by atoms with Crippen molar-refractivity contribution >= 4 is 0 Å². The Morgan fingerprint density at radius 2 is 2.27 bits per heavy atom. The highest BCUT2D eigenvalue weighted by molar-refractivity contribution is 4.88. The molecule has 2 N–H and O–H groups in total. The number of aryl methyl sites for hydroxylation is 1. The summed E-state index contributed by atoms with van der Waals surface area (Å²) >= 11 is 0. The normalized spacial score (nSPS) is 13.4. The van der Waals surface area contributed by atoms with Crippen LogP contribution in [0, 0.1) is 12.8 Å². The summed E-state index contributed by atoms with van der Waals surface area (Å²) in [5.74, 6) is 1.34. The minimum Gasteiger partial charge on any atom is -0.392 e. The molecule has 4 nitrogen and oxygen atoms in total.